The first-order valence-electron chi connectivity index (χ1n) is 5.09. The maximum absolute atomic E-state index is 10.8. The summed E-state index contributed by atoms with van der Waals surface area (Å²) in [5.74, 6) is 0. The average molecular weight is 332 g/mol. The lowest BCUT2D eigenvalue weighted by molar-refractivity contribution is 0.582. The van der Waals surface area contributed by atoms with Crippen LogP contribution in [0.4, 0.5) is 0 Å². The van der Waals surface area contributed by atoms with Crippen molar-refractivity contribution in [3.05, 3.63) is 32.8 Å². The highest BCUT2D eigenvalue weighted by Gasteiger charge is 2.09. The number of benzene rings is 1. The van der Waals surface area contributed by atoms with Gasteiger partial charge in [0.15, 0.2) is 0 Å². The van der Waals surface area contributed by atoms with Crippen LogP contribution in [0.15, 0.2) is 12.1 Å². The van der Waals surface area contributed by atoms with E-state index in [0.29, 0.717) is 40.3 Å². The van der Waals surface area contributed by atoms with E-state index in [1.807, 2.05) is 0 Å². The van der Waals surface area contributed by atoms with Crippen molar-refractivity contribution >= 4 is 44.8 Å². The second-order valence-corrected chi connectivity index (χ2v) is 6.69. The molecule has 0 aliphatic rings. The summed E-state index contributed by atoms with van der Waals surface area (Å²) in [5.41, 5.74) is 0.699. The minimum atomic E-state index is -3.16. The lowest BCUT2D eigenvalue weighted by atomic mass is 10.2. The maximum atomic E-state index is 10.8. The molecule has 18 heavy (non-hydrogen) atoms. The molecular weight excluding hydrogens is 319 g/mol. The molecule has 1 aromatic carbocycles. The van der Waals surface area contributed by atoms with E-state index < -0.39 is 10.0 Å². The first-order valence-corrected chi connectivity index (χ1v) is 8.11. The maximum Gasteiger partial charge on any atom is 0.208 e. The summed E-state index contributed by atoms with van der Waals surface area (Å²) in [6.07, 6.45) is 1.11. The van der Waals surface area contributed by atoms with E-state index in [0.717, 1.165) is 6.26 Å². The molecule has 4 nitrogen and oxygen atoms in total. The molecule has 1 aromatic rings. The summed E-state index contributed by atoms with van der Waals surface area (Å²) in [7, 11) is -3.16. The highest BCUT2D eigenvalue weighted by atomic mass is 35.5. The fraction of sp³-hybridized carbons (Fsp3) is 0.400. The Hall–Kier alpha value is -0.0400. The van der Waals surface area contributed by atoms with Gasteiger partial charge >= 0.3 is 0 Å². The van der Waals surface area contributed by atoms with Crippen LogP contribution in [-0.2, 0) is 16.6 Å². The molecule has 0 aliphatic carbocycles. The van der Waals surface area contributed by atoms with Gasteiger partial charge in [-0.05, 0) is 12.1 Å². The highest BCUT2D eigenvalue weighted by molar-refractivity contribution is 7.88. The minimum Gasteiger partial charge on any atom is -0.311 e. The highest BCUT2D eigenvalue weighted by Crippen LogP contribution is 2.31. The van der Waals surface area contributed by atoms with Gasteiger partial charge in [0.2, 0.25) is 10.0 Å². The largest absolute Gasteiger partial charge is 0.311 e. The summed E-state index contributed by atoms with van der Waals surface area (Å²) in [4.78, 5) is 0. The zero-order valence-corrected chi connectivity index (χ0v) is 12.7. The lowest BCUT2D eigenvalue weighted by Crippen LogP contribution is -2.30. The zero-order valence-electron chi connectivity index (χ0n) is 9.63. The lowest BCUT2D eigenvalue weighted by Gasteiger charge is -2.10. The summed E-state index contributed by atoms with van der Waals surface area (Å²) in [5, 5.41) is 4.40. The third-order valence-electron chi connectivity index (χ3n) is 2.11. The molecule has 0 fully saturated rings. The fourth-order valence-electron chi connectivity index (χ4n) is 1.27. The molecule has 0 spiro atoms. The molecular formula is C10H13Cl3N2O2S. The van der Waals surface area contributed by atoms with Gasteiger partial charge in [0, 0.05) is 30.2 Å². The van der Waals surface area contributed by atoms with Crippen molar-refractivity contribution in [2.75, 3.05) is 19.3 Å². The van der Waals surface area contributed by atoms with Gasteiger partial charge in [0.1, 0.15) is 0 Å². The van der Waals surface area contributed by atoms with E-state index >= 15 is 0 Å². The molecule has 0 atom stereocenters. The van der Waals surface area contributed by atoms with Gasteiger partial charge in [-0.25, -0.2) is 13.1 Å². The Morgan fingerprint density at radius 2 is 1.72 bits per heavy atom. The Bertz CT molecular complexity index is 520. The number of nitrogens with one attached hydrogen (secondary N) is 2. The molecule has 102 valence electrons. The predicted molar refractivity (Wildman–Crippen MR) is 76.0 cm³/mol. The van der Waals surface area contributed by atoms with Gasteiger partial charge in [0.05, 0.1) is 16.3 Å². The minimum absolute atomic E-state index is 0.300. The molecule has 0 heterocycles. The summed E-state index contributed by atoms with van der Waals surface area (Å²) >= 11 is 17.9. The van der Waals surface area contributed by atoms with Crippen molar-refractivity contribution in [2.24, 2.45) is 0 Å². The van der Waals surface area contributed by atoms with Crippen molar-refractivity contribution in [3.8, 4) is 0 Å². The number of hydrogen-bond donors (Lipinski definition) is 2. The molecule has 0 unspecified atom stereocenters. The SMILES string of the molecule is CS(=O)(=O)NCCNCc1c(Cl)ccc(Cl)c1Cl. The quantitative estimate of drug-likeness (QED) is 0.621. The average Bonchev–Trinajstić information content (AvgIpc) is 2.26. The van der Waals surface area contributed by atoms with E-state index in [-0.39, 0.29) is 0 Å². The molecule has 8 heteroatoms. The molecule has 0 radical (unpaired) electrons. The second-order valence-electron chi connectivity index (χ2n) is 3.67. The third-order valence-corrected chi connectivity index (χ3v) is 4.03. The fourth-order valence-corrected chi connectivity index (χ4v) is 2.42. The van der Waals surface area contributed by atoms with Gasteiger partial charge in [0.25, 0.3) is 0 Å². The van der Waals surface area contributed by atoms with Crippen LogP contribution in [0.3, 0.4) is 0 Å². The van der Waals surface area contributed by atoms with Crippen LogP contribution < -0.4 is 10.0 Å². The van der Waals surface area contributed by atoms with Gasteiger partial charge in [-0.3, -0.25) is 0 Å². The van der Waals surface area contributed by atoms with Gasteiger partial charge in [-0.2, -0.15) is 0 Å². The molecule has 0 amide bonds. The third kappa shape index (κ3) is 5.30. The summed E-state index contributed by atoms with van der Waals surface area (Å²) in [6, 6.07) is 3.29. The van der Waals surface area contributed by atoms with Crippen LogP contribution in [0, 0.1) is 0 Å². The van der Waals surface area contributed by atoms with Crippen LogP contribution in [-0.4, -0.2) is 27.8 Å². The van der Waals surface area contributed by atoms with Crippen molar-refractivity contribution in [1.82, 2.24) is 10.0 Å². The first-order chi connectivity index (χ1) is 8.31. The number of rotatable bonds is 6. The molecule has 0 aliphatic heterocycles. The molecule has 0 bridgehead atoms. The van der Waals surface area contributed by atoms with Crippen LogP contribution >= 0.6 is 34.8 Å². The van der Waals surface area contributed by atoms with Gasteiger partial charge in [-0.15, -0.1) is 0 Å². The summed E-state index contributed by atoms with van der Waals surface area (Å²) in [6.45, 7) is 1.19. The Morgan fingerprint density at radius 1 is 1.11 bits per heavy atom. The van der Waals surface area contributed by atoms with E-state index in [1.165, 1.54) is 0 Å². The van der Waals surface area contributed by atoms with E-state index in [9.17, 15) is 8.42 Å². The molecule has 0 saturated carbocycles. The molecule has 1 rings (SSSR count). The van der Waals surface area contributed by atoms with E-state index in [2.05, 4.69) is 10.0 Å². The second kappa shape index (κ2) is 6.93. The van der Waals surface area contributed by atoms with Crippen LogP contribution in [0.2, 0.25) is 15.1 Å². The Morgan fingerprint density at radius 3 is 2.33 bits per heavy atom. The molecule has 2 N–H and O–H groups in total. The number of halogens is 3. The Labute approximate surface area is 122 Å². The topological polar surface area (TPSA) is 58.2 Å². The van der Waals surface area contributed by atoms with Gasteiger partial charge in [-0.1, -0.05) is 34.8 Å². The van der Waals surface area contributed by atoms with Crippen molar-refractivity contribution in [2.45, 2.75) is 6.54 Å². The van der Waals surface area contributed by atoms with Crippen LogP contribution in [0.1, 0.15) is 5.56 Å². The smallest absolute Gasteiger partial charge is 0.208 e. The van der Waals surface area contributed by atoms with Crippen molar-refractivity contribution in [1.29, 1.82) is 0 Å². The predicted octanol–water partition coefficient (Wildman–Crippen LogP) is 2.29. The molecule has 0 saturated heterocycles. The first kappa shape index (κ1) is 16.0. The summed E-state index contributed by atoms with van der Waals surface area (Å²) < 4.78 is 24.0. The van der Waals surface area contributed by atoms with Crippen molar-refractivity contribution < 1.29 is 8.42 Å². The Balaban J connectivity index is 2.47. The van der Waals surface area contributed by atoms with Gasteiger partial charge < -0.3 is 5.32 Å². The van der Waals surface area contributed by atoms with Crippen molar-refractivity contribution in [3.63, 3.8) is 0 Å². The standard InChI is InChI=1S/C10H13Cl3N2O2S/c1-18(16,17)15-5-4-14-6-7-8(11)2-3-9(12)10(7)13/h2-3,14-15H,4-6H2,1H3. The van der Waals surface area contributed by atoms with E-state index in [1.54, 1.807) is 12.1 Å². The van der Waals surface area contributed by atoms with Crippen LogP contribution in [0.25, 0.3) is 0 Å². The van der Waals surface area contributed by atoms with Crippen LogP contribution in [0.5, 0.6) is 0 Å². The number of sulfonamides is 1. The Kier molecular flexibility index (Phi) is 6.17. The number of hydrogen-bond acceptors (Lipinski definition) is 3. The normalized spacial score (nSPS) is 11.8. The van der Waals surface area contributed by atoms with E-state index in [4.69, 9.17) is 34.8 Å². The molecule has 0 aromatic heterocycles. The zero-order chi connectivity index (χ0) is 13.8. The monoisotopic (exact) mass is 330 g/mol.